The number of nitrogens with one attached hydrogen (secondary N) is 1. The maximum Gasteiger partial charge on any atom is 0.272 e. The van der Waals surface area contributed by atoms with Crippen LogP contribution in [0.3, 0.4) is 0 Å². The van der Waals surface area contributed by atoms with Gasteiger partial charge in [-0.2, -0.15) is 0 Å². The molecule has 0 bridgehead atoms. The fourth-order valence-electron chi connectivity index (χ4n) is 2.62. The average molecular weight is 324 g/mol. The quantitative estimate of drug-likeness (QED) is 0.873. The van der Waals surface area contributed by atoms with Gasteiger partial charge in [-0.3, -0.25) is 4.79 Å². The molecule has 2 aliphatic rings. The molecule has 1 saturated carbocycles. The monoisotopic (exact) mass is 324 g/mol. The van der Waals surface area contributed by atoms with E-state index in [2.05, 4.69) is 15.3 Å². The van der Waals surface area contributed by atoms with Crippen molar-refractivity contribution in [3.63, 3.8) is 0 Å². The molecule has 1 aliphatic heterocycles. The summed E-state index contributed by atoms with van der Waals surface area (Å²) >= 11 is 0. The second-order valence-electron chi connectivity index (χ2n) is 6.08. The second-order valence-corrected chi connectivity index (χ2v) is 8.31. The molecule has 0 aromatic carbocycles. The van der Waals surface area contributed by atoms with Crippen molar-refractivity contribution in [2.45, 2.75) is 38.3 Å². The van der Waals surface area contributed by atoms with Gasteiger partial charge >= 0.3 is 0 Å². The van der Waals surface area contributed by atoms with Crippen LogP contribution in [0.5, 0.6) is 0 Å². The van der Waals surface area contributed by atoms with Crippen LogP contribution in [-0.2, 0) is 9.84 Å². The molecule has 3 rings (SSSR count). The lowest BCUT2D eigenvalue weighted by Crippen LogP contribution is -2.38. The molecular weight excluding hydrogens is 304 g/mol. The summed E-state index contributed by atoms with van der Waals surface area (Å²) in [5, 5.41) is 3.26. The zero-order valence-corrected chi connectivity index (χ0v) is 13.6. The number of hydrogen-bond donors (Lipinski definition) is 1. The van der Waals surface area contributed by atoms with E-state index >= 15 is 0 Å². The predicted molar refractivity (Wildman–Crippen MR) is 82.6 cm³/mol. The molecule has 1 atom stereocenters. The summed E-state index contributed by atoms with van der Waals surface area (Å²) in [6, 6.07) is 1.82. The van der Waals surface area contributed by atoms with Crippen molar-refractivity contribution in [2.24, 2.45) is 0 Å². The molecule has 1 N–H and O–H groups in total. The Morgan fingerprint density at radius 1 is 1.32 bits per heavy atom. The van der Waals surface area contributed by atoms with Crippen molar-refractivity contribution in [1.29, 1.82) is 0 Å². The molecule has 1 aliphatic carbocycles. The molecule has 2 heterocycles. The Kier molecular flexibility index (Phi) is 3.80. The van der Waals surface area contributed by atoms with Gasteiger partial charge in [0.05, 0.1) is 11.5 Å². The SMILES string of the molecule is Cc1nc(NC2CC2)cc(C(=O)N(C)C2CCS(=O)(=O)C2)n1. The largest absolute Gasteiger partial charge is 0.367 e. The minimum absolute atomic E-state index is 0.0342. The molecule has 1 aromatic rings. The summed E-state index contributed by atoms with van der Waals surface area (Å²) in [6.07, 6.45) is 2.72. The lowest BCUT2D eigenvalue weighted by molar-refractivity contribution is 0.0741. The van der Waals surface area contributed by atoms with Gasteiger partial charge in [-0.05, 0) is 26.2 Å². The van der Waals surface area contributed by atoms with Crippen molar-refractivity contribution in [2.75, 3.05) is 23.9 Å². The number of nitrogens with zero attached hydrogens (tertiary/aromatic N) is 3. The minimum atomic E-state index is -3.02. The maximum atomic E-state index is 12.6. The van der Waals surface area contributed by atoms with E-state index in [0.29, 0.717) is 29.8 Å². The normalized spacial score (nSPS) is 23.3. The van der Waals surface area contributed by atoms with Gasteiger partial charge in [0, 0.05) is 25.2 Å². The molecule has 1 aromatic heterocycles. The van der Waals surface area contributed by atoms with Gasteiger partial charge < -0.3 is 10.2 Å². The van der Waals surface area contributed by atoms with E-state index in [4.69, 9.17) is 0 Å². The molecule has 1 amide bonds. The molecule has 1 unspecified atom stereocenters. The molecule has 8 heteroatoms. The van der Waals surface area contributed by atoms with Crippen LogP contribution in [0.25, 0.3) is 0 Å². The number of hydrogen-bond acceptors (Lipinski definition) is 6. The van der Waals surface area contributed by atoms with Gasteiger partial charge in [-0.1, -0.05) is 0 Å². The van der Waals surface area contributed by atoms with Crippen molar-refractivity contribution in [3.05, 3.63) is 17.6 Å². The van der Waals surface area contributed by atoms with E-state index in [1.807, 2.05) is 0 Å². The van der Waals surface area contributed by atoms with E-state index in [1.165, 1.54) is 4.90 Å². The number of carbonyl (C=O) groups is 1. The molecule has 22 heavy (non-hydrogen) atoms. The Morgan fingerprint density at radius 2 is 2.05 bits per heavy atom. The van der Waals surface area contributed by atoms with Gasteiger partial charge in [-0.25, -0.2) is 18.4 Å². The van der Waals surface area contributed by atoms with Gasteiger partial charge in [0.25, 0.3) is 5.91 Å². The number of rotatable bonds is 4. The first kappa shape index (κ1) is 15.2. The summed E-state index contributed by atoms with van der Waals surface area (Å²) in [6.45, 7) is 1.74. The number of aryl methyl sites for hydroxylation is 1. The standard InChI is InChI=1S/C14H20N4O3S/c1-9-15-12(7-13(16-9)17-10-3-4-10)14(19)18(2)11-5-6-22(20,21)8-11/h7,10-11H,3-6,8H2,1-2H3,(H,15,16,17). The number of aromatic nitrogens is 2. The smallest absolute Gasteiger partial charge is 0.272 e. The molecule has 0 radical (unpaired) electrons. The Hall–Kier alpha value is -1.70. The zero-order chi connectivity index (χ0) is 15.9. The lowest BCUT2D eigenvalue weighted by atomic mass is 10.2. The zero-order valence-electron chi connectivity index (χ0n) is 12.7. The summed E-state index contributed by atoms with van der Waals surface area (Å²) in [7, 11) is -1.38. The topological polar surface area (TPSA) is 92.3 Å². The van der Waals surface area contributed by atoms with E-state index in [-0.39, 0.29) is 23.5 Å². The highest BCUT2D eigenvalue weighted by Crippen LogP contribution is 2.24. The predicted octanol–water partition coefficient (Wildman–Crippen LogP) is 0.618. The first-order chi connectivity index (χ1) is 10.3. The van der Waals surface area contributed by atoms with E-state index in [0.717, 1.165) is 12.8 Å². The van der Waals surface area contributed by atoms with Crippen molar-refractivity contribution >= 4 is 21.6 Å². The lowest BCUT2D eigenvalue weighted by Gasteiger charge is -2.23. The van der Waals surface area contributed by atoms with Crippen LogP contribution in [0.1, 0.15) is 35.6 Å². The van der Waals surface area contributed by atoms with Crippen LogP contribution in [0, 0.1) is 6.92 Å². The summed E-state index contributed by atoms with van der Waals surface area (Å²) < 4.78 is 23.1. The third kappa shape index (κ3) is 3.37. The summed E-state index contributed by atoms with van der Waals surface area (Å²) in [5.74, 6) is 1.11. The van der Waals surface area contributed by atoms with E-state index in [9.17, 15) is 13.2 Å². The Morgan fingerprint density at radius 3 is 2.64 bits per heavy atom. The highest BCUT2D eigenvalue weighted by Gasteiger charge is 2.33. The van der Waals surface area contributed by atoms with Gasteiger partial charge in [0.2, 0.25) is 0 Å². The Bertz CT molecular complexity index is 700. The number of amides is 1. The van der Waals surface area contributed by atoms with Crippen LogP contribution >= 0.6 is 0 Å². The third-order valence-electron chi connectivity index (χ3n) is 4.06. The summed E-state index contributed by atoms with van der Waals surface area (Å²) in [5.41, 5.74) is 0.308. The molecule has 120 valence electrons. The van der Waals surface area contributed by atoms with Crippen molar-refractivity contribution in [1.82, 2.24) is 14.9 Å². The van der Waals surface area contributed by atoms with Crippen LogP contribution in [0.2, 0.25) is 0 Å². The minimum Gasteiger partial charge on any atom is -0.367 e. The second kappa shape index (κ2) is 5.49. The Balaban J connectivity index is 1.77. The van der Waals surface area contributed by atoms with Gasteiger partial charge in [0.15, 0.2) is 9.84 Å². The van der Waals surface area contributed by atoms with E-state index in [1.54, 1.807) is 20.0 Å². The summed E-state index contributed by atoms with van der Waals surface area (Å²) in [4.78, 5) is 22.5. The van der Waals surface area contributed by atoms with Crippen LogP contribution in [0.15, 0.2) is 6.07 Å². The van der Waals surface area contributed by atoms with Crippen molar-refractivity contribution in [3.8, 4) is 0 Å². The molecule has 0 spiro atoms. The fourth-order valence-corrected chi connectivity index (χ4v) is 4.39. The first-order valence-electron chi connectivity index (χ1n) is 7.44. The van der Waals surface area contributed by atoms with Gasteiger partial charge in [0.1, 0.15) is 17.3 Å². The Labute approximate surface area is 130 Å². The number of sulfone groups is 1. The van der Waals surface area contributed by atoms with Crippen LogP contribution in [-0.4, -0.2) is 59.8 Å². The van der Waals surface area contributed by atoms with E-state index < -0.39 is 9.84 Å². The third-order valence-corrected chi connectivity index (χ3v) is 5.81. The molecule has 2 fully saturated rings. The highest BCUT2D eigenvalue weighted by molar-refractivity contribution is 7.91. The number of carbonyl (C=O) groups excluding carboxylic acids is 1. The van der Waals surface area contributed by atoms with Crippen LogP contribution < -0.4 is 5.32 Å². The average Bonchev–Trinajstić information content (AvgIpc) is 3.18. The molecule has 7 nitrogen and oxygen atoms in total. The highest BCUT2D eigenvalue weighted by atomic mass is 32.2. The fraction of sp³-hybridized carbons (Fsp3) is 0.643. The van der Waals surface area contributed by atoms with Crippen LogP contribution in [0.4, 0.5) is 5.82 Å². The van der Waals surface area contributed by atoms with Crippen molar-refractivity contribution < 1.29 is 13.2 Å². The molecular formula is C14H20N4O3S. The van der Waals surface area contributed by atoms with Gasteiger partial charge in [-0.15, -0.1) is 0 Å². The first-order valence-corrected chi connectivity index (χ1v) is 9.26. The molecule has 1 saturated heterocycles. The number of anilines is 1. The maximum absolute atomic E-state index is 12.6.